The van der Waals surface area contributed by atoms with Crippen LogP contribution in [-0.2, 0) is 4.79 Å². The number of carboxylic acid groups (broad SMARTS) is 1. The van der Waals surface area contributed by atoms with Gasteiger partial charge in [-0.15, -0.1) is 11.3 Å². The number of rotatable bonds is 3. The standard InChI is InChI=1S/C12H11BrN2O3S/c1-12(2)7(8(12)11(16)17)10-14-9(15-18-10)6-3-5(13)4-19-6/h3-4,7-8H,1-2H3,(H,16,17). The van der Waals surface area contributed by atoms with E-state index in [4.69, 9.17) is 9.63 Å². The Kier molecular flexibility index (Phi) is 2.79. The molecular weight excluding hydrogens is 332 g/mol. The van der Waals surface area contributed by atoms with Crippen LogP contribution in [0.4, 0.5) is 0 Å². The molecule has 2 unspecified atom stereocenters. The van der Waals surface area contributed by atoms with Crippen LogP contribution in [0.5, 0.6) is 0 Å². The summed E-state index contributed by atoms with van der Waals surface area (Å²) in [6, 6.07) is 1.91. The molecule has 0 aliphatic heterocycles. The van der Waals surface area contributed by atoms with Crippen molar-refractivity contribution in [3.8, 4) is 10.7 Å². The van der Waals surface area contributed by atoms with Crippen molar-refractivity contribution in [1.82, 2.24) is 10.1 Å². The predicted octanol–water partition coefficient (Wildman–Crippen LogP) is 3.38. The average molecular weight is 343 g/mol. The highest BCUT2D eigenvalue weighted by Gasteiger charge is 2.65. The molecule has 2 heterocycles. The zero-order valence-electron chi connectivity index (χ0n) is 10.3. The van der Waals surface area contributed by atoms with E-state index in [0.717, 1.165) is 9.35 Å². The number of aromatic nitrogens is 2. The van der Waals surface area contributed by atoms with Crippen LogP contribution in [-0.4, -0.2) is 21.2 Å². The van der Waals surface area contributed by atoms with Gasteiger partial charge in [-0.1, -0.05) is 19.0 Å². The average Bonchev–Trinajstić information content (AvgIpc) is 2.76. The molecule has 100 valence electrons. The molecule has 1 aliphatic carbocycles. The van der Waals surface area contributed by atoms with Crippen molar-refractivity contribution < 1.29 is 14.4 Å². The summed E-state index contributed by atoms with van der Waals surface area (Å²) in [6.45, 7) is 3.81. The Morgan fingerprint density at radius 3 is 2.84 bits per heavy atom. The lowest BCUT2D eigenvalue weighted by atomic mass is 10.1. The van der Waals surface area contributed by atoms with Gasteiger partial charge in [0.25, 0.3) is 0 Å². The van der Waals surface area contributed by atoms with Gasteiger partial charge in [-0.05, 0) is 27.4 Å². The van der Waals surface area contributed by atoms with Crippen LogP contribution >= 0.6 is 27.3 Å². The molecule has 0 saturated heterocycles. The van der Waals surface area contributed by atoms with Gasteiger partial charge in [-0.3, -0.25) is 4.79 Å². The molecule has 5 nitrogen and oxygen atoms in total. The van der Waals surface area contributed by atoms with Crippen LogP contribution in [0.1, 0.15) is 25.7 Å². The van der Waals surface area contributed by atoms with Crippen LogP contribution < -0.4 is 0 Å². The summed E-state index contributed by atoms with van der Waals surface area (Å²) >= 11 is 4.88. The number of aliphatic carboxylic acids is 1. The normalized spacial score (nSPS) is 24.4. The van der Waals surface area contributed by atoms with Gasteiger partial charge in [0.15, 0.2) is 0 Å². The summed E-state index contributed by atoms with van der Waals surface area (Å²) in [5.41, 5.74) is -0.328. The maximum absolute atomic E-state index is 11.1. The van der Waals surface area contributed by atoms with E-state index >= 15 is 0 Å². The van der Waals surface area contributed by atoms with Gasteiger partial charge in [-0.2, -0.15) is 4.98 Å². The lowest BCUT2D eigenvalue weighted by Gasteiger charge is -1.96. The first-order chi connectivity index (χ1) is 8.91. The van der Waals surface area contributed by atoms with Crippen molar-refractivity contribution in [2.75, 3.05) is 0 Å². The van der Waals surface area contributed by atoms with E-state index in [0.29, 0.717) is 11.7 Å². The fraction of sp³-hybridized carbons (Fsp3) is 0.417. The number of hydrogen-bond donors (Lipinski definition) is 1. The van der Waals surface area contributed by atoms with Crippen LogP contribution in [0.15, 0.2) is 20.4 Å². The Morgan fingerprint density at radius 2 is 2.32 bits per heavy atom. The molecule has 2 aromatic rings. The lowest BCUT2D eigenvalue weighted by Crippen LogP contribution is -2.03. The fourth-order valence-corrected chi connectivity index (χ4v) is 3.80. The highest BCUT2D eigenvalue weighted by Crippen LogP contribution is 2.64. The van der Waals surface area contributed by atoms with E-state index < -0.39 is 11.9 Å². The zero-order valence-corrected chi connectivity index (χ0v) is 12.7. The maximum atomic E-state index is 11.1. The molecular formula is C12H11BrN2O3S. The van der Waals surface area contributed by atoms with Gasteiger partial charge in [0.1, 0.15) is 0 Å². The largest absolute Gasteiger partial charge is 0.481 e. The summed E-state index contributed by atoms with van der Waals surface area (Å²) < 4.78 is 6.20. The molecule has 7 heteroatoms. The van der Waals surface area contributed by atoms with Gasteiger partial charge in [0.2, 0.25) is 11.7 Å². The van der Waals surface area contributed by atoms with E-state index in [1.165, 1.54) is 11.3 Å². The Balaban J connectivity index is 1.89. The maximum Gasteiger partial charge on any atom is 0.307 e. The van der Waals surface area contributed by atoms with E-state index in [9.17, 15) is 4.79 Å². The molecule has 0 radical (unpaired) electrons. The Bertz CT molecular complexity index is 649. The topological polar surface area (TPSA) is 76.2 Å². The summed E-state index contributed by atoms with van der Waals surface area (Å²) in [5, 5.41) is 15.0. The molecule has 0 aromatic carbocycles. The van der Waals surface area contributed by atoms with E-state index in [-0.39, 0.29) is 11.3 Å². The molecule has 19 heavy (non-hydrogen) atoms. The van der Waals surface area contributed by atoms with Crippen molar-refractivity contribution in [3.63, 3.8) is 0 Å². The smallest absolute Gasteiger partial charge is 0.307 e. The fourth-order valence-electron chi connectivity index (χ4n) is 2.45. The van der Waals surface area contributed by atoms with Crippen molar-refractivity contribution in [3.05, 3.63) is 21.8 Å². The van der Waals surface area contributed by atoms with E-state index in [1.807, 2.05) is 25.3 Å². The number of nitrogens with zero attached hydrogens (tertiary/aromatic N) is 2. The summed E-state index contributed by atoms with van der Waals surface area (Å²) in [5.74, 6) is -0.534. The van der Waals surface area contributed by atoms with Crippen LogP contribution in [0.3, 0.4) is 0 Å². The predicted molar refractivity (Wildman–Crippen MR) is 73.0 cm³/mol. The molecule has 0 spiro atoms. The summed E-state index contributed by atoms with van der Waals surface area (Å²) in [7, 11) is 0. The minimum absolute atomic E-state index is 0.199. The molecule has 1 saturated carbocycles. The third-order valence-corrected chi connectivity index (χ3v) is 5.28. The Labute approximate surface area is 121 Å². The number of halogens is 1. The molecule has 2 atom stereocenters. The van der Waals surface area contributed by atoms with Crippen molar-refractivity contribution in [2.45, 2.75) is 19.8 Å². The molecule has 2 aromatic heterocycles. The number of carboxylic acids is 1. The number of carbonyl (C=O) groups is 1. The second-order valence-electron chi connectivity index (χ2n) is 5.20. The van der Waals surface area contributed by atoms with Gasteiger partial charge >= 0.3 is 5.97 Å². The highest BCUT2D eigenvalue weighted by atomic mass is 79.9. The van der Waals surface area contributed by atoms with Crippen molar-refractivity contribution in [2.24, 2.45) is 11.3 Å². The monoisotopic (exact) mass is 342 g/mol. The molecule has 1 aliphatic rings. The summed E-state index contributed by atoms with van der Waals surface area (Å²) in [4.78, 5) is 16.4. The van der Waals surface area contributed by atoms with E-state index in [2.05, 4.69) is 26.1 Å². The molecule has 1 N–H and O–H groups in total. The first-order valence-corrected chi connectivity index (χ1v) is 7.39. The van der Waals surface area contributed by atoms with Crippen LogP contribution in [0.2, 0.25) is 0 Å². The minimum atomic E-state index is -0.811. The number of hydrogen-bond acceptors (Lipinski definition) is 5. The van der Waals surface area contributed by atoms with Crippen LogP contribution in [0, 0.1) is 11.3 Å². The van der Waals surface area contributed by atoms with Gasteiger partial charge in [0, 0.05) is 9.85 Å². The van der Waals surface area contributed by atoms with Gasteiger partial charge in [0.05, 0.1) is 16.7 Å². The second-order valence-corrected chi connectivity index (χ2v) is 7.03. The molecule has 0 bridgehead atoms. The quantitative estimate of drug-likeness (QED) is 0.925. The third kappa shape index (κ3) is 2.01. The number of thiophene rings is 1. The van der Waals surface area contributed by atoms with Crippen LogP contribution in [0.25, 0.3) is 10.7 Å². The molecule has 3 rings (SSSR count). The summed E-state index contributed by atoms with van der Waals surface area (Å²) in [6.07, 6.45) is 0. The first-order valence-electron chi connectivity index (χ1n) is 5.72. The molecule has 0 amide bonds. The van der Waals surface area contributed by atoms with E-state index in [1.54, 1.807) is 0 Å². The van der Waals surface area contributed by atoms with Gasteiger partial charge < -0.3 is 9.63 Å². The zero-order chi connectivity index (χ0) is 13.8. The van der Waals surface area contributed by atoms with Crippen molar-refractivity contribution >= 4 is 33.2 Å². The SMILES string of the molecule is CC1(C)C(C(=O)O)C1c1nc(-c2cc(Br)cs2)no1. The van der Waals surface area contributed by atoms with Crippen molar-refractivity contribution in [1.29, 1.82) is 0 Å². The minimum Gasteiger partial charge on any atom is -0.481 e. The second kappa shape index (κ2) is 4.14. The van der Waals surface area contributed by atoms with Gasteiger partial charge in [-0.25, -0.2) is 0 Å². The lowest BCUT2D eigenvalue weighted by molar-refractivity contribution is -0.139. The highest BCUT2D eigenvalue weighted by molar-refractivity contribution is 9.10. The third-order valence-electron chi connectivity index (χ3n) is 3.59. The Morgan fingerprint density at radius 1 is 1.58 bits per heavy atom. The first kappa shape index (κ1) is 12.8. The Hall–Kier alpha value is -1.21. The molecule has 1 fully saturated rings.